The number of rotatable bonds is 8. The molecule has 0 aromatic rings. The molecule has 4 unspecified atom stereocenters. The van der Waals surface area contributed by atoms with E-state index in [2.05, 4.69) is 20.8 Å². The SMILES string of the molecule is CCCCC(CC)CC(N)C1(OC)CCCC(C)C1. The molecule has 0 saturated heterocycles. The first-order chi connectivity index (χ1) is 9.07. The maximum atomic E-state index is 6.58. The Morgan fingerprint density at radius 1 is 1.37 bits per heavy atom. The molecule has 19 heavy (non-hydrogen) atoms. The third-order valence-electron chi connectivity index (χ3n) is 5.20. The lowest BCUT2D eigenvalue weighted by molar-refractivity contribution is -0.0753. The maximum absolute atomic E-state index is 6.58. The first-order valence-electron chi connectivity index (χ1n) is 8.38. The molecule has 4 atom stereocenters. The highest BCUT2D eigenvalue weighted by Gasteiger charge is 2.40. The van der Waals surface area contributed by atoms with Crippen molar-refractivity contribution in [3.05, 3.63) is 0 Å². The standard InChI is InChI=1S/C17H35NO/c1-5-7-10-15(6-2)12-16(18)17(19-4)11-8-9-14(3)13-17/h14-16H,5-13,18H2,1-4H3. The average molecular weight is 269 g/mol. The van der Waals surface area contributed by atoms with E-state index >= 15 is 0 Å². The van der Waals surface area contributed by atoms with Crippen LogP contribution in [0.15, 0.2) is 0 Å². The molecule has 114 valence electrons. The van der Waals surface area contributed by atoms with E-state index in [-0.39, 0.29) is 11.6 Å². The fourth-order valence-electron chi connectivity index (χ4n) is 3.77. The quantitative estimate of drug-likeness (QED) is 0.703. The van der Waals surface area contributed by atoms with E-state index in [0.29, 0.717) is 0 Å². The highest BCUT2D eigenvalue weighted by molar-refractivity contribution is 4.96. The molecular weight excluding hydrogens is 234 g/mol. The van der Waals surface area contributed by atoms with Crippen LogP contribution in [-0.2, 0) is 4.74 Å². The predicted molar refractivity (Wildman–Crippen MR) is 83.3 cm³/mol. The van der Waals surface area contributed by atoms with Crippen LogP contribution in [0.2, 0.25) is 0 Å². The van der Waals surface area contributed by atoms with Crippen molar-refractivity contribution in [2.45, 2.75) is 90.2 Å². The van der Waals surface area contributed by atoms with Gasteiger partial charge in [-0.15, -0.1) is 0 Å². The summed E-state index contributed by atoms with van der Waals surface area (Å²) in [5.41, 5.74) is 6.54. The van der Waals surface area contributed by atoms with E-state index in [4.69, 9.17) is 10.5 Å². The van der Waals surface area contributed by atoms with Crippen LogP contribution < -0.4 is 5.73 Å². The molecule has 1 aliphatic carbocycles. The zero-order valence-electron chi connectivity index (χ0n) is 13.6. The lowest BCUT2D eigenvalue weighted by atomic mass is 9.72. The van der Waals surface area contributed by atoms with Crippen LogP contribution >= 0.6 is 0 Å². The Morgan fingerprint density at radius 2 is 2.11 bits per heavy atom. The number of unbranched alkanes of at least 4 members (excludes halogenated alkanes) is 1. The van der Waals surface area contributed by atoms with Crippen LogP contribution in [0.5, 0.6) is 0 Å². The third-order valence-corrected chi connectivity index (χ3v) is 5.20. The summed E-state index contributed by atoms with van der Waals surface area (Å²) >= 11 is 0. The van der Waals surface area contributed by atoms with E-state index < -0.39 is 0 Å². The molecule has 0 aromatic carbocycles. The Bertz CT molecular complexity index is 243. The summed E-state index contributed by atoms with van der Waals surface area (Å²) < 4.78 is 5.94. The first kappa shape index (κ1) is 17.0. The lowest BCUT2D eigenvalue weighted by Gasteiger charge is -2.44. The topological polar surface area (TPSA) is 35.2 Å². The van der Waals surface area contributed by atoms with Gasteiger partial charge in [0.1, 0.15) is 0 Å². The molecule has 2 N–H and O–H groups in total. The summed E-state index contributed by atoms with van der Waals surface area (Å²) in [7, 11) is 1.87. The number of hydrogen-bond donors (Lipinski definition) is 1. The van der Waals surface area contributed by atoms with E-state index in [1.807, 2.05) is 7.11 Å². The Kier molecular flexibility index (Phi) is 7.38. The second kappa shape index (κ2) is 8.26. The molecule has 0 spiro atoms. The molecule has 2 nitrogen and oxygen atoms in total. The van der Waals surface area contributed by atoms with E-state index in [9.17, 15) is 0 Å². The first-order valence-corrected chi connectivity index (χ1v) is 8.38. The highest BCUT2D eigenvalue weighted by Crippen LogP contribution is 2.38. The number of methoxy groups -OCH3 is 1. The van der Waals surface area contributed by atoms with Gasteiger partial charge >= 0.3 is 0 Å². The largest absolute Gasteiger partial charge is 0.377 e. The van der Waals surface area contributed by atoms with Crippen LogP contribution in [0.4, 0.5) is 0 Å². The molecule has 0 heterocycles. The van der Waals surface area contributed by atoms with Crippen LogP contribution in [0.1, 0.15) is 78.6 Å². The van der Waals surface area contributed by atoms with Crippen molar-refractivity contribution in [1.29, 1.82) is 0 Å². The monoisotopic (exact) mass is 269 g/mol. The Morgan fingerprint density at radius 3 is 2.63 bits per heavy atom. The lowest BCUT2D eigenvalue weighted by Crippen LogP contribution is -2.52. The van der Waals surface area contributed by atoms with Crippen molar-refractivity contribution >= 4 is 0 Å². The van der Waals surface area contributed by atoms with Crippen molar-refractivity contribution in [2.24, 2.45) is 17.6 Å². The van der Waals surface area contributed by atoms with Crippen molar-refractivity contribution < 1.29 is 4.74 Å². The van der Waals surface area contributed by atoms with Crippen LogP contribution in [0, 0.1) is 11.8 Å². The summed E-state index contributed by atoms with van der Waals surface area (Å²) in [6.45, 7) is 6.91. The van der Waals surface area contributed by atoms with Gasteiger partial charge in [0.25, 0.3) is 0 Å². The van der Waals surface area contributed by atoms with Crippen molar-refractivity contribution in [2.75, 3.05) is 7.11 Å². The van der Waals surface area contributed by atoms with Gasteiger partial charge in [-0.05, 0) is 31.1 Å². The summed E-state index contributed by atoms with van der Waals surface area (Å²) in [6, 6.07) is 0.210. The van der Waals surface area contributed by atoms with Crippen LogP contribution in [0.25, 0.3) is 0 Å². The van der Waals surface area contributed by atoms with Crippen LogP contribution in [-0.4, -0.2) is 18.8 Å². The molecule has 0 bridgehead atoms. The van der Waals surface area contributed by atoms with E-state index in [0.717, 1.165) is 31.1 Å². The van der Waals surface area contributed by atoms with E-state index in [1.54, 1.807) is 0 Å². The third kappa shape index (κ3) is 4.75. The Balaban J connectivity index is 2.58. The van der Waals surface area contributed by atoms with Crippen molar-refractivity contribution in [3.63, 3.8) is 0 Å². The molecule has 1 aliphatic rings. The Hall–Kier alpha value is -0.0800. The minimum absolute atomic E-state index is 0.0443. The average Bonchev–Trinajstić information content (AvgIpc) is 2.42. The van der Waals surface area contributed by atoms with Crippen molar-refractivity contribution in [1.82, 2.24) is 0 Å². The second-order valence-electron chi connectivity index (χ2n) is 6.73. The Labute approximate surface area is 120 Å². The van der Waals surface area contributed by atoms with Gasteiger partial charge in [0.2, 0.25) is 0 Å². The second-order valence-corrected chi connectivity index (χ2v) is 6.73. The minimum atomic E-state index is -0.0443. The van der Waals surface area contributed by atoms with Gasteiger partial charge in [-0.3, -0.25) is 0 Å². The molecule has 0 radical (unpaired) electrons. The van der Waals surface area contributed by atoms with Gasteiger partial charge in [-0.1, -0.05) is 59.3 Å². The molecule has 1 rings (SSSR count). The van der Waals surface area contributed by atoms with Crippen molar-refractivity contribution in [3.8, 4) is 0 Å². The number of hydrogen-bond acceptors (Lipinski definition) is 2. The molecule has 2 heteroatoms. The zero-order chi connectivity index (χ0) is 14.3. The fourth-order valence-corrected chi connectivity index (χ4v) is 3.77. The number of ether oxygens (including phenoxy) is 1. The van der Waals surface area contributed by atoms with Gasteiger partial charge in [0.05, 0.1) is 5.60 Å². The van der Waals surface area contributed by atoms with Gasteiger partial charge in [-0.2, -0.15) is 0 Å². The fraction of sp³-hybridized carbons (Fsp3) is 1.00. The summed E-state index contributed by atoms with van der Waals surface area (Å²) in [6.07, 6.45) is 11.3. The highest BCUT2D eigenvalue weighted by atomic mass is 16.5. The van der Waals surface area contributed by atoms with Gasteiger partial charge < -0.3 is 10.5 Å². The smallest absolute Gasteiger partial charge is 0.0831 e. The van der Waals surface area contributed by atoms with Crippen LogP contribution in [0.3, 0.4) is 0 Å². The molecular formula is C17H35NO. The summed E-state index contributed by atoms with van der Waals surface area (Å²) in [5.74, 6) is 1.54. The number of nitrogens with two attached hydrogens (primary N) is 1. The van der Waals surface area contributed by atoms with Gasteiger partial charge in [0.15, 0.2) is 0 Å². The molecule has 0 amide bonds. The molecule has 0 aliphatic heterocycles. The summed E-state index contributed by atoms with van der Waals surface area (Å²) in [4.78, 5) is 0. The molecule has 1 fully saturated rings. The zero-order valence-corrected chi connectivity index (χ0v) is 13.6. The predicted octanol–water partition coefficient (Wildman–Crippen LogP) is 4.52. The van der Waals surface area contributed by atoms with Gasteiger partial charge in [-0.25, -0.2) is 0 Å². The molecule has 0 aromatic heterocycles. The minimum Gasteiger partial charge on any atom is -0.377 e. The van der Waals surface area contributed by atoms with Gasteiger partial charge in [0, 0.05) is 13.2 Å². The molecule has 1 saturated carbocycles. The normalized spacial score (nSPS) is 31.1. The van der Waals surface area contributed by atoms with E-state index in [1.165, 1.54) is 38.5 Å². The summed E-state index contributed by atoms with van der Waals surface area (Å²) in [5, 5.41) is 0. The maximum Gasteiger partial charge on any atom is 0.0831 e.